The number of ether oxygens (including phenoxy) is 1. The summed E-state index contributed by atoms with van der Waals surface area (Å²) < 4.78 is 5.28. The second-order valence-electron chi connectivity index (χ2n) is 2.71. The lowest BCUT2D eigenvalue weighted by Gasteiger charge is -2.51. The highest BCUT2D eigenvalue weighted by Gasteiger charge is 2.41. The minimum Gasteiger partial charge on any atom is -0.378 e. The lowest BCUT2D eigenvalue weighted by molar-refractivity contribution is -0.149. The van der Waals surface area contributed by atoms with E-state index in [1.54, 1.807) is 0 Å². The van der Waals surface area contributed by atoms with Crippen molar-refractivity contribution in [3.05, 3.63) is 0 Å². The molecule has 3 fully saturated rings. The van der Waals surface area contributed by atoms with Crippen molar-refractivity contribution < 1.29 is 4.74 Å². The van der Waals surface area contributed by atoms with Crippen LogP contribution in [0.5, 0.6) is 0 Å². The molecule has 0 unspecified atom stereocenters. The maximum Gasteiger partial charge on any atom is 0.0637 e. The van der Waals surface area contributed by atoms with Crippen molar-refractivity contribution in [3.63, 3.8) is 0 Å². The maximum absolute atomic E-state index is 5.28. The molecule has 52 valence electrons. The Morgan fingerprint density at radius 1 is 1.44 bits per heavy atom. The molecule has 0 aromatic carbocycles. The fraction of sp³-hybridized carbons (Fsp3) is 1.00. The van der Waals surface area contributed by atoms with Crippen LogP contribution in [0.3, 0.4) is 0 Å². The molecule has 0 aromatic heterocycles. The van der Waals surface area contributed by atoms with Gasteiger partial charge in [-0.2, -0.15) is 0 Å². The van der Waals surface area contributed by atoms with Crippen LogP contribution < -0.4 is 5.43 Å². The van der Waals surface area contributed by atoms with Crippen molar-refractivity contribution in [1.82, 2.24) is 10.4 Å². The van der Waals surface area contributed by atoms with Crippen LogP contribution in [0, 0.1) is 0 Å². The number of fused-ring (bicyclic) bond motifs is 2. The Balaban J connectivity index is 1.97. The van der Waals surface area contributed by atoms with Gasteiger partial charge in [0.15, 0.2) is 0 Å². The van der Waals surface area contributed by atoms with E-state index < -0.39 is 0 Å². The predicted octanol–water partition coefficient (Wildman–Crippen LogP) is -0.406. The maximum atomic E-state index is 5.28. The van der Waals surface area contributed by atoms with Crippen molar-refractivity contribution in [1.29, 1.82) is 0 Å². The molecule has 3 rings (SSSR count). The van der Waals surface area contributed by atoms with Gasteiger partial charge in [-0.05, 0) is 13.5 Å². The monoisotopic (exact) mass is 128 g/mol. The number of nitrogens with one attached hydrogen (secondary N) is 1. The Bertz CT molecular complexity index is 104. The summed E-state index contributed by atoms with van der Waals surface area (Å²) in [5, 5.41) is 2.28. The Kier molecular flexibility index (Phi) is 1.22. The number of morpholine rings is 1. The zero-order valence-electron chi connectivity index (χ0n) is 5.63. The van der Waals surface area contributed by atoms with Gasteiger partial charge in [0.2, 0.25) is 0 Å². The fourth-order valence-corrected chi connectivity index (χ4v) is 1.70. The van der Waals surface area contributed by atoms with Gasteiger partial charge in [-0.15, -0.1) is 0 Å². The molecule has 0 saturated carbocycles. The molecule has 0 radical (unpaired) electrons. The topological polar surface area (TPSA) is 24.5 Å². The minimum atomic E-state index is 0.661. The predicted molar refractivity (Wildman–Crippen MR) is 33.9 cm³/mol. The van der Waals surface area contributed by atoms with Gasteiger partial charge in [-0.1, -0.05) is 0 Å². The van der Waals surface area contributed by atoms with Crippen LogP contribution in [-0.4, -0.2) is 37.4 Å². The summed E-state index contributed by atoms with van der Waals surface area (Å²) in [7, 11) is 1.98. The Labute approximate surface area is 54.9 Å². The number of hydrogen-bond acceptors (Lipinski definition) is 3. The zero-order valence-corrected chi connectivity index (χ0v) is 5.63. The lowest BCUT2D eigenvalue weighted by atomic mass is 9.94. The van der Waals surface area contributed by atoms with E-state index in [0.29, 0.717) is 12.1 Å². The first-order valence-electron chi connectivity index (χ1n) is 3.45. The van der Waals surface area contributed by atoms with E-state index >= 15 is 0 Å². The van der Waals surface area contributed by atoms with Gasteiger partial charge in [0, 0.05) is 12.1 Å². The smallest absolute Gasteiger partial charge is 0.0637 e. The van der Waals surface area contributed by atoms with Gasteiger partial charge in [0.25, 0.3) is 0 Å². The van der Waals surface area contributed by atoms with Crippen molar-refractivity contribution in [2.75, 3.05) is 20.3 Å². The fourth-order valence-electron chi connectivity index (χ4n) is 1.70. The zero-order chi connectivity index (χ0) is 6.27. The van der Waals surface area contributed by atoms with E-state index in [4.69, 9.17) is 4.74 Å². The molecule has 3 aliphatic rings. The van der Waals surface area contributed by atoms with E-state index in [1.807, 2.05) is 7.05 Å². The lowest BCUT2D eigenvalue weighted by Crippen LogP contribution is -2.67. The molecule has 2 atom stereocenters. The Morgan fingerprint density at radius 3 is 2.44 bits per heavy atom. The number of rotatable bonds is 1. The van der Waals surface area contributed by atoms with Crippen molar-refractivity contribution in [2.24, 2.45) is 0 Å². The van der Waals surface area contributed by atoms with Crippen LogP contribution in [0.1, 0.15) is 6.42 Å². The summed E-state index contributed by atoms with van der Waals surface area (Å²) >= 11 is 0. The van der Waals surface area contributed by atoms with E-state index in [1.165, 1.54) is 6.42 Å². The third kappa shape index (κ3) is 0.689. The molecule has 9 heavy (non-hydrogen) atoms. The molecule has 3 heteroatoms. The highest BCUT2D eigenvalue weighted by Crippen LogP contribution is 2.27. The van der Waals surface area contributed by atoms with Gasteiger partial charge < -0.3 is 4.74 Å². The van der Waals surface area contributed by atoms with Crippen LogP contribution in [0.25, 0.3) is 0 Å². The molecule has 0 spiro atoms. The number of nitrogens with zero attached hydrogens (tertiary/aromatic N) is 1. The van der Waals surface area contributed by atoms with E-state index in [9.17, 15) is 0 Å². The highest BCUT2D eigenvalue weighted by molar-refractivity contribution is 4.93. The molecule has 3 nitrogen and oxygen atoms in total. The van der Waals surface area contributed by atoms with Gasteiger partial charge in [-0.25, -0.2) is 5.01 Å². The van der Waals surface area contributed by atoms with Gasteiger partial charge in [-0.3, -0.25) is 5.43 Å². The Hall–Kier alpha value is -0.120. The van der Waals surface area contributed by atoms with E-state index in [0.717, 1.165) is 13.2 Å². The first-order chi connectivity index (χ1) is 4.42. The molecule has 3 saturated heterocycles. The standard InChI is InChI=1S/C6H12N2O/c1-7-8-5-2-6(8)4-9-3-5/h5-7H,2-4H2,1H3/t5-,6+. The number of hydrazine groups is 1. The normalized spacial score (nSPS) is 42.3. The van der Waals surface area contributed by atoms with E-state index in [-0.39, 0.29) is 0 Å². The highest BCUT2D eigenvalue weighted by atomic mass is 16.5. The summed E-state index contributed by atoms with van der Waals surface area (Å²) in [5.74, 6) is 0. The summed E-state index contributed by atoms with van der Waals surface area (Å²) in [6.45, 7) is 1.83. The molecule has 0 aromatic rings. The number of hydrogen-bond donors (Lipinski definition) is 1. The summed E-state index contributed by atoms with van der Waals surface area (Å²) in [4.78, 5) is 0. The average molecular weight is 128 g/mol. The van der Waals surface area contributed by atoms with Crippen LogP contribution in [0.2, 0.25) is 0 Å². The summed E-state index contributed by atoms with van der Waals surface area (Å²) in [6, 6.07) is 1.32. The average Bonchev–Trinajstić information content (AvgIpc) is 1.90. The molecular formula is C6H12N2O. The van der Waals surface area contributed by atoms with Crippen LogP contribution in [0.15, 0.2) is 0 Å². The van der Waals surface area contributed by atoms with Crippen molar-refractivity contribution >= 4 is 0 Å². The molecule has 0 amide bonds. The van der Waals surface area contributed by atoms with Gasteiger partial charge in [0.1, 0.15) is 0 Å². The molecule has 2 bridgehead atoms. The quantitative estimate of drug-likeness (QED) is 0.519. The molecule has 3 aliphatic heterocycles. The minimum absolute atomic E-state index is 0.661. The molecule has 0 aliphatic carbocycles. The van der Waals surface area contributed by atoms with Crippen LogP contribution in [0.4, 0.5) is 0 Å². The Morgan fingerprint density at radius 2 is 2.11 bits per heavy atom. The summed E-state index contributed by atoms with van der Waals surface area (Å²) in [5.41, 5.74) is 3.16. The van der Waals surface area contributed by atoms with Gasteiger partial charge in [0.05, 0.1) is 13.2 Å². The molecular weight excluding hydrogens is 116 g/mol. The molecule has 1 N–H and O–H groups in total. The third-order valence-electron chi connectivity index (χ3n) is 2.21. The first-order valence-corrected chi connectivity index (χ1v) is 3.45. The van der Waals surface area contributed by atoms with Crippen LogP contribution >= 0.6 is 0 Å². The van der Waals surface area contributed by atoms with E-state index in [2.05, 4.69) is 10.4 Å². The SMILES string of the molecule is CNN1[C@@H]2COC[C@H]1C2. The van der Waals surface area contributed by atoms with Crippen LogP contribution in [-0.2, 0) is 4.74 Å². The second kappa shape index (κ2) is 1.94. The first kappa shape index (κ1) is 5.65. The largest absolute Gasteiger partial charge is 0.378 e. The second-order valence-corrected chi connectivity index (χ2v) is 2.71. The van der Waals surface area contributed by atoms with Gasteiger partial charge >= 0.3 is 0 Å². The van der Waals surface area contributed by atoms with Crippen molar-refractivity contribution in [3.8, 4) is 0 Å². The van der Waals surface area contributed by atoms with Crippen molar-refractivity contribution in [2.45, 2.75) is 18.5 Å². The third-order valence-corrected chi connectivity index (χ3v) is 2.21. The summed E-state index contributed by atoms with van der Waals surface area (Å²) in [6.07, 6.45) is 1.32. The molecule has 3 heterocycles.